The molecule has 1 fully saturated rings. The smallest absolute Gasteiger partial charge is 0.233 e. The van der Waals surface area contributed by atoms with Crippen molar-refractivity contribution in [1.82, 2.24) is 4.90 Å². The first-order chi connectivity index (χ1) is 20.1. The van der Waals surface area contributed by atoms with Crippen molar-refractivity contribution in [2.24, 2.45) is 11.7 Å². The summed E-state index contributed by atoms with van der Waals surface area (Å²) in [4.78, 5) is 44.3. The van der Waals surface area contributed by atoms with E-state index in [9.17, 15) is 18.8 Å². The lowest BCUT2D eigenvalue weighted by Gasteiger charge is -2.19. The summed E-state index contributed by atoms with van der Waals surface area (Å²) in [7, 11) is 0. The monoisotopic (exact) mass is 575 g/mol. The Morgan fingerprint density at radius 2 is 1.57 bits per heavy atom. The van der Waals surface area contributed by atoms with Crippen LogP contribution < -0.4 is 16.4 Å². The number of hydrogen-bond donors (Lipinski definition) is 3. The second kappa shape index (κ2) is 19.1. The van der Waals surface area contributed by atoms with Crippen LogP contribution >= 0.6 is 0 Å². The number of nitrogens with two attached hydrogens (primary N) is 1. The molecule has 0 spiro atoms. The van der Waals surface area contributed by atoms with Crippen LogP contribution in [-0.2, 0) is 19.2 Å². The predicted octanol–water partition coefficient (Wildman–Crippen LogP) is 4.88. The van der Waals surface area contributed by atoms with Crippen molar-refractivity contribution in [2.45, 2.75) is 46.6 Å². The van der Waals surface area contributed by atoms with Gasteiger partial charge in [-0.25, -0.2) is 4.39 Å². The number of hydrogen-bond acceptors (Lipinski definition) is 5. The van der Waals surface area contributed by atoms with Crippen molar-refractivity contribution in [2.75, 3.05) is 17.2 Å². The molecule has 4 N–H and O–H groups in total. The molecule has 1 saturated heterocycles. The summed E-state index contributed by atoms with van der Waals surface area (Å²) in [5.41, 5.74) is 8.77. The zero-order chi connectivity index (χ0) is 31.5. The second-order valence-corrected chi connectivity index (χ2v) is 9.58. The summed E-state index contributed by atoms with van der Waals surface area (Å²) >= 11 is 0. The molecule has 2 atom stereocenters. The van der Waals surface area contributed by atoms with E-state index in [2.05, 4.69) is 22.4 Å². The molecule has 1 aliphatic heterocycles. The molecule has 42 heavy (non-hydrogen) atoms. The summed E-state index contributed by atoms with van der Waals surface area (Å²) in [6.07, 6.45) is 1.37. The average molecular weight is 576 g/mol. The molecular weight excluding hydrogens is 537 g/mol. The lowest BCUT2D eigenvalue weighted by Crippen LogP contribution is -2.37. The summed E-state index contributed by atoms with van der Waals surface area (Å²) < 4.78 is 12.1. The number of primary amides is 1. The highest BCUT2D eigenvalue weighted by atomic mass is 19.1. The molecule has 0 aromatic heterocycles. The Morgan fingerprint density at radius 3 is 2.07 bits per heavy atom. The highest BCUT2D eigenvalue weighted by molar-refractivity contribution is 6.04. The van der Waals surface area contributed by atoms with E-state index in [-0.39, 0.29) is 30.5 Å². The van der Waals surface area contributed by atoms with E-state index < -0.39 is 6.04 Å². The normalized spacial score (nSPS) is 14.6. The third-order valence-corrected chi connectivity index (χ3v) is 6.05. The number of nitrogens with zero attached hydrogens (tertiary/aromatic N) is 2. The van der Waals surface area contributed by atoms with Crippen LogP contribution in [0.1, 0.15) is 36.5 Å². The van der Waals surface area contributed by atoms with Gasteiger partial charge in [0.1, 0.15) is 18.3 Å². The molecule has 0 aliphatic carbocycles. The standard InChI is InChI=1S/C17H21N3O2.C7H7F.C7H7NO.CH3NO/c1-11-7-14(9-18)20(10-11)16(22)8-15(21)19-17-12(2)5-4-6-13(17)3;1-6-2-4-7(8)5-3-6;9-6-8-7-4-2-1-3-5-7;2-1-3/h4-6,11,14H,7-8,10H2,1-3H3,(H,19,21);2-5H,1H3;1-6H,(H,8,9);1H,(H2,2,3). The molecule has 4 rings (SSSR count). The van der Waals surface area contributed by atoms with E-state index >= 15 is 0 Å². The zero-order valence-corrected chi connectivity index (χ0v) is 24.3. The van der Waals surface area contributed by atoms with Gasteiger partial charge in [0.25, 0.3) is 0 Å². The third-order valence-electron chi connectivity index (χ3n) is 6.05. The zero-order valence-electron chi connectivity index (χ0n) is 24.3. The number of para-hydroxylation sites is 2. The molecule has 3 aromatic carbocycles. The van der Waals surface area contributed by atoms with Gasteiger partial charge < -0.3 is 21.3 Å². The van der Waals surface area contributed by atoms with E-state index in [4.69, 9.17) is 10.1 Å². The van der Waals surface area contributed by atoms with Crippen molar-refractivity contribution >= 4 is 36.0 Å². The number of halogens is 1. The first-order valence-corrected chi connectivity index (χ1v) is 13.2. The molecule has 222 valence electrons. The van der Waals surface area contributed by atoms with Gasteiger partial charge in [0, 0.05) is 17.9 Å². The molecular formula is C32H38FN5O4. The lowest BCUT2D eigenvalue weighted by atomic mass is 10.1. The number of carbonyl (C=O) groups excluding carboxylic acids is 4. The van der Waals surface area contributed by atoms with Crippen molar-refractivity contribution in [3.63, 3.8) is 0 Å². The Kier molecular flexibility index (Phi) is 15.9. The molecule has 2 unspecified atom stereocenters. The maximum atomic E-state index is 12.2. The fourth-order valence-electron chi connectivity index (χ4n) is 4.01. The fraction of sp³-hybridized carbons (Fsp3) is 0.281. The topological polar surface area (TPSA) is 145 Å². The molecule has 4 amide bonds. The fourth-order valence-corrected chi connectivity index (χ4v) is 4.01. The van der Waals surface area contributed by atoms with E-state index in [0.29, 0.717) is 25.3 Å². The number of likely N-dealkylation sites (tertiary alicyclic amines) is 1. The van der Waals surface area contributed by atoms with E-state index in [1.165, 1.54) is 17.0 Å². The Balaban J connectivity index is 0.000000359. The molecule has 0 bridgehead atoms. The van der Waals surface area contributed by atoms with Crippen molar-refractivity contribution in [3.05, 3.63) is 95.3 Å². The van der Waals surface area contributed by atoms with Crippen LogP contribution in [0, 0.1) is 43.8 Å². The summed E-state index contributed by atoms with van der Waals surface area (Å²) in [5.74, 6) is -0.482. The number of anilines is 2. The average Bonchev–Trinajstić information content (AvgIpc) is 3.35. The Morgan fingerprint density at radius 1 is 1.00 bits per heavy atom. The molecule has 10 heteroatoms. The number of amides is 4. The number of rotatable bonds is 5. The molecule has 1 heterocycles. The van der Waals surface area contributed by atoms with Crippen LogP contribution in [0.4, 0.5) is 15.8 Å². The number of nitriles is 1. The van der Waals surface area contributed by atoms with Gasteiger partial charge in [0.15, 0.2) is 0 Å². The number of aryl methyl sites for hydroxylation is 3. The van der Waals surface area contributed by atoms with E-state index in [1.807, 2.05) is 76.2 Å². The third kappa shape index (κ3) is 12.9. The highest BCUT2D eigenvalue weighted by Gasteiger charge is 2.33. The van der Waals surface area contributed by atoms with Gasteiger partial charge in [-0.15, -0.1) is 0 Å². The molecule has 0 radical (unpaired) electrons. The predicted molar refractivity (Wildman–Crippen MR) is 162 cm³/mol. The van der Waals surface area contributed by atoms with Gasteiger partial charge in [0.2, 0.25) is 24.6 Å². The van der Waals surface area contributed by atoms with Crippen molar-refractivity contribution in [1.29, 1.82) is 5.26 Å². The minimum atomic E-state index is -0.407. The van der Waals surface area contributed by atoms with Crippen LogP contribution in [-0.4, -0.2) is 42.1 Å². The van der Waals surface area contributed by atoms with Crippen LogP contribution in [0.3, 0.4) is 0 Å². The molecule has 0 saturated carbocycles. The Labute approximate surface area is 246 Å². The summed E-state index contributed by atoms with van der Waals surface area (Å²) in [6.45, 7) is 8.32. The molecule has 1 aliphatic rings. The van der Waals surface area contributed by atoms with Crippen LogP contribution in [0.25, 0.3) is 0 Å². The Bertz CT molecular complexity index is 1290. The quantitative estimate of drug-likeness (QED) is 0.293. The Hall–Kier alpha value is -5.04. The second-order valence-electron chi connectivity index (χ2n) is 9.58. The first-order valence-electron chi connectivity index (χ1n) is 13.2. The summed E-state index contributed by atoms with van der Waals surface area (Å²) in [6, 6.07) is 23.2. The van der Waals surface area contributed by atoms with Crippen molar-refractivity contribution in [3.8, 4) is 6.07 Å². The largest absolute Gasteiger partial charge is 0.372 e. The number of benzene rings is 3. The minimum absolute atomic E-state index is 0.171. The van der Waals surface area contributed by atoms with Crippen LogP contribution in [0.15, 0.2) is 72.8 Å². The number of carbonyl (C=O) groups is 4. The van der Waals surface area contributed by atoms with Crippen molar-refractivity contribution < 1.29 is 23.6 Å². The van der Waals surface area contributed by atoms with Gasteiger partial charge in [0.05, 0.1) is 6.07 Å². The molecule has 3 aromatic rings. The van der Waals surface area contributed by atoms with Gasteiger partial charge >= 0.3 is 0 Å². The van der Waals surface area contributed by atoms with E-state index in [1.54, 1.807) is 12.1 Å². The summed E-state index contributed by atoms with van der Waals surface area (Å²) in [5, 5.41) is 14.4. The number of nitrogens with one attached hydrogen (secondary N) is 2. The highest BCUT2D eigenvalue weighted by Crippen LogP contribution is 2.24. The SMILES string of the molecule is Cc1ccc(F)cc1.Cc1cccc(C)c1NC(=O)CC(=O)N1CC(C)CC1C#N.NC=O.O=CNc1ccccc1. The lowest BCUT2D eigenvalue weighted by molar-refractivity contribution is -0.134. The maximum absolute atomic E-state index is 12.2. The van der Waals surface area contributed by atoms with Gasteiger partial charge in [-0.2, -0.15) is 5.26 Å². The maximum Gasteiger partial charge on any atom is 0.233 e. The van der Waals surface area contributed by atoms with Crippen LogP contribution in [0.2, 0.25) is 0 Å². The van der Waals surface area contributed by atoms with Gasteiger partial charge in [-0.1, -0.05) is 61.0 Å². The van der Waals surface area contributed by atoms with Gasteiger partial charge in [-0.3, -0.25) is 19.2 Å². The molecule has 9 nitrogen and oxygen atoms in total. The van der Waals surface area contributed by atoms with Gasteiger partial charge in [-0.05, 0) is 68.5 Å². The minimum Gasteiger partial charge on any atom is -0.372 e. The van der Waals surface area contributed by atoms with Crippen LogP contribution in [0.5, 0.6) is 0 Å². The van der Waals surface area contributed by atoms with E-state index in [0.717, 1.165) is 28.1 Å². The first kappa shape index (κ1) is 35.0.